The number of ether oxygens (including phenoxy) is 2. The predicted molar refractivity (Wildman–Crippen MR) is 59.2 cm³/mol. The monoisotopic (exact) mass is 345 g/mol. The molecule has 19 heavy (non-hydrogen) atoms. The molecule has 0 aliphatic carbocycles. The number of rotatable bonds is 4. The van der Waals surface area contributed by atoms with Crippen molar-refractivity contribution in [2.75, 3.05) is 7.11 Å². The van der Waals surface area contributed by atoms with Gasteiger partial charge in [-0.2, -0.15) is 0 Å². The second-order valence-corrected chi connectivity index (χ2v) is 3.86. The molecule has 0 aliphatic heterocycles. The summed E-state index contributed by atoms with van der Waals surface area (Å²) in [5.74, 6) is -2.79. The third kappa shape index (κ3) is 4.34. The Labute approximate surface area is 113 Å². The van der Waals surface area contributed by atoms with Crippen molar-refractivity contribution in [1.82, 2.24) is 4.98 Å². The minimum absolute atomic E-state index is 0.0904. The Morgan fingerprint density at radius 2 is 2.11 bits per heavy atom. The van der Waals surface area contributed by atoms with Crippen LogP contribution in [-0.2, 0) is 21.3 Å². The van der Waals surface area contributed by atoms with E-state index in [1.807, 2.05) is 0 Å². The molecule has 0 radical (unpaired) electrons. The number of esters is 1. The van der Waals surface area contributed by atoms with Gasteiger partial charge in [-0.1, -0.05) is 15.9 Å². The van der Waals surface area contributed by atoms with Crippen LogP contribution in [0.2, 0.25) is 0 Å². The zero-order valence-electron chi connectivity index (χ0n) is 9.55. The van der Waals surface area contributed by atoms with Gasteiger partial charge < -0.3 is 9.47 Å². The molecule has 1 rings (SSSR count). The first-order chi connectivity index (χ1) is 8.78. The summed E-state index contributed by atoms with van der Waals surface area (Å²) in [7, 11) is 1.04. The molecule has 0 fully saturated rings. The average molecular weight is 346 g/mol. The molecule has 1 aromatic heterocycles. The third-order valence-electron chi connectivity index (χ3n) is 2.05. The Kier molecular flexibility index (Phi) is 5.10. The third-order valence-corrected chi connectivity index (χ3v) is 2.58. The number of aromatic nitrogens is 1. The van der Waals surface area contributed by atoms with Crippen LogP contribution in [0.25, 0.3) is 0 Å². The molecule has 0 amide bonds. The van der Waals surface area contributed by atoms with E-state index in [2.05, 4.69) is 30.4 Å². The molecule has 0 aliphatic rings. The molecular formula is C10H8BrF4NO3. The van der Waals surface area contributed by atoms with Crippen molar-refractivity contribution in [2.24, 2.45) is 0 Å². The van der Waals surface area contributed by atoms with Gasteiger partial charge in [0.15, 0.2) is 5.75 Å². The summed E-state index contributed by atoms with van der Waals surface area (Å²) >= 11 is 2.91. The van der Waals surface area contributed by atoms with Crippen LogP contribution in [0.3, 0.4) is 0 Å². The summed E-state index contributed by atoms with van der Waals surface area (Å²) < 4.78 is 58.4. The number of carbonyl (C=O) groups is 1. The van der Waals surface area contributed by atoms with Crippen LogP contribution >= 0.6 is 15.9 Å². The van der Waals surface area contributed by atoms with E-state index in [-0.39, 0.29) is 11.0 Å². The van der Waals surface area contributed by atoms with E-state index in [4.69, 9.17) is 0 Å². The van der Waals surface area contributed by atoms with E-state index < -0.39 is 35.9 Å². The first-order valence-electron chi connectivity index (χ1n) is 4.83. The van der Waals surface area contributed by atoms with Gasteiger partial charge in [-0.25, -0.2) is 4.39 Å². The maximum Gasteiger partial charge on any atom is 0.573 e. The fourth-order valence-electron chi connectivity index (χ4n) is 1.27. The molecule has 1 aromatic rings. The van der Waals surface area contributed by atoms with Crippen molar-refractivity contribution in [3.05, 3.63) is 23.3 Å². The number of carbonyl (C=O) groups excluding carboxylic acids is 1. The van der Waals surface area contributed by atoms with Crippen LogP contribution in [0.4, 0.5) is 17.6 Å². The number of hydrogen-bond donors (Lipinski definition) is 0. The zero-order chi connectivity index (χ0) is 14.6. The van der Waals surface area contributed by atoms with Gasteiger partial charge in [0, 0.05) is 10.9 Å². The molecule has 1 heterocycles. The standard InChI is InChI=1S/C10H8BrF4NO3/c1-18-8(17)2-5-6(12)4-16-7(3-11)9(5)19-10(13,14)15/h4H,2-3H2,1H3. The smallest absolute Gasteiger partial charge is 0.469 e. The second-order valence-electron chi connectivity index (χ2n) is 3.29. The van der Waals surface area contributed by atoms with Crippen molar-refractivity contribution >= 4 is 21.9 Å². The van der Waals surface area contributed by atoms with Crippen molar-refractivity contribution in [2.45, 2.75) is 18.1 Å². The fraction of sp³-hybridized carbons (Fsp3) is 0.400. The highest BCUT2D eigenvalue weighted by Crippen LogP contribution is 2.32. The van der Waals surface area contributed by atoms with Crippen LogP contribution in [-0.4, -0.2) is 24.4 Å². The summed E-state index contributed by atoms with van der Waals surface area (Å²) in [5.41, 5.74) is -0.716. The van der Waals surface area contributed by atoms with E-state index in [9.17, 15) is 22.4 Å². The van der Waals surface area contributed by atoms with Gasteiger partial charge in [-0.05, 0) is 0 Å². The first kappa shape index (κ1) is 15.7. The molecule has 0 spiro atoms. The molecule has 0 atom stereocenters. The lowest BCUT2D eigenvalue weighted by atomic mass is 10.1. The maximum atomic E-state index is 13.5. The van der Waals surface area contributed by atoms with Gasteiger partial charge in [-0.3, -0.25) is 9.78 Å². The molecule has 0 bridgehead atoms. The highest BCUT2D eigenvalue weighted by molar-refractivity contribution is 9.08. The molecule has 0 saturated heterocycles. The lowest BCUT2D eigenvalue weighted by Crippen LogP contribution is -2.21. The van der Waals surface area contributed by atoms with Crippen LogP contribution in [0, 0.1) is 5.82 Å². The minimum atomic E-state index is -5.02. The lowest BCUT2D eigenvalue weighted by Gasteiger charge is -2.15. The Bertz CT molecular complexity index is 479. The Morgan fingerprint density at radius 1 is 1.47 bits per heavy atom. The van der Waals surface area contributed by atoms with Crippen molar-refractivity contribution in [3.8, 4) is 5.75 Å². The van der Waals surface area contributed by atoms with Crippen molar-refractivity contribution < 1.29 is 31.8 Å². The van der Waals surface area contributed by atoms with E-state index in [0.29, 0.717) is 0 Å². The first-order valence-corrected chi connectivity index (χ1v) is 5.95. The Morgan fingerprint density at radius 3 is 2.58 bits per heavy atom. The molecule has 0 unspecified atom stereocenters. The maximum absolute atomic E-state index is 13.5. The average Bonchev–Trinajstić information content (AvgIpc) is 2.32. The molecule has 4 nitrogen and oxygen atoms in total. The van der Waals surface area contributed by atoms with Crippen molar-refractivity contribution in [1.29, 1.82) is 0 Å². The lowest BCUT2D eigenvalue weighted by molar-refractivity contribution is -0.275. The Balaban J connectivity index is 3.28. The van der Waals surface area contributed by atoms with E-state index in [1.54, 1.807) is 0 Å². The molecule has 0 N–H and O–H groups in total. The number of alkyl halides is 4. The SMILES string of the molecule is COC(=O)Cc1c(F)cnc(CBr)c1OC(F)(F)F. The number of methoxy groups -OCH3 is 1. The molecule has 106 valence electrons. The number of hydrogen-bond acceptors (Lipinski definition) is 4. The predicted octanol–water partition coefficient (Wildman–Crippen LogP) is 2.73. The van der Waals surface area contributed by atoms with Crippen LogP contribution in [0.1, 0.15) is 11.3 Å². The van der Waals surface area contributed by atoms with Gasteiger partial charge in [0.2, 0.25) is 0 Å². The number of pyridine rings is 1. The minimum Gasteiger partial charge on any atom is -0.469 e. The molecule has 9 heteroatoms. The summed E-state index contributed by atoms with van der Waals surface area (Å²) in [6.07, 6.45) is -4.98. The quantitative estimate of drug-likeness (QED) is 0.478. The number of nitrogens with zero attached hydrogens (tertiary/aromatic N) is 1. The largest absolute Gasteiger partial charge is 0.573 e. The summed E-state index contributed by atoms with van der Waals surface area (Å²) in [6, 6.07) is 0. The topological polar surface area (TPSA) is 48.4 Å². The van der Waals surface area contributed by atoms with E-state index >= 15 is 0 Å². The van der Waals surface area contributed by atoms with Crippen molar-refractivity contribution in [3.63, 3.8) is 0 Å². The zero-order valence-corrected chi connectivity index (χ0v) is 11.1. The molecule has 0 aromatic carbocycles. The van der Waals surface area contributed by atoms with Gasteiger partial charge in [0.1, 0.15) is 5.82 Å². The summed E-state index contributed by atoms with van der Waals surface area (Å²) in [5, 5.41) is -0.0904. The Hall–Kier alpha value is -1.38. The van der Waals surface area contributed by atoms with Crippen LogP contribution in [0.15, 0.2) is 6.20 Å². The number of halogens is 5. The van der Waals surface area contributed by atoms with Crippen LogP contribution < -0.4 is 4.74 Å². The van der Waals surface area contributed by atoms with Gasteiger partial charge in [0.25, 0.3) is 0 Å². The molecule has 0 saturated carbocycles. The molecular weight excluding hydrogens is 338 g/mol. The second kappa shape index (κ2) is 6.18. The van der Waals surface area contributed by atoms with Gasteiger partial charge >= 0.3 is 12.3 Å². The fourth-order valence-corrected chi connectivity index (χ4v) is 1.67. The summed E-state index contributed by atoms with van der Waals surface area (Å²) in [4.78, 5) is 14.6. The van der Waals surface area contributed by atoms with Gasteiger partial charge in [0.05, 0.1) is 25.4 Å². The normalized spacial score (nSPS) is 11.3. The van der Waals surface area contributed by atoms with E-state index in [1.165, 1.54) is 0 Å². The van der Waals surface area contributed by atoms with E-state index in [0.717, 1.165) is 13.3 Å². The van der Waals surface area contributed by atoms with Gasteiger partial charge in [-0.15, -0.1) is 13.2 Å². The highest BCUT2D eigenvalue weighted by Gasteiger charge is 2.34. The summed E-state index contributed by atoms with van der Waals surface area (Å²) in [6.45, 7) is 0. The highest BCUT2D eigenvalue weighted by atomic mass is 79.9. The van der Waals surface area contributed by atoms with Crippen LogP contribution in [0.5, 0.6) is 5.75 Å².